The lowest BCUT2D eigenvalue weighted by atomic mass is 9.91. The third kappa shape index (κ3) is 2.08. The molecule has 2 nitrogen and oxygen atoms in total. The average molecular weight is 230 g/mol. The molecule has 1 fully saturated rings. The highest BCUT2D eigenvalue weighted by molar-refractivity contribution is 6.32. The van der Waals surface area contributed by atoms with Crippen LogP contribution in [0.1, 0.15) is 24.3 Å². The molecule has 2 rings (SSSR count). The van der Waals surface area contributed by atoms with Crippen molar-refractivity contribution in [3.05, 3.63) is 28.5 Å². The van der Waals surface area contributed by atoms with Crippen molar-refractivity contribution in [2.45, 2.75) is 18.8 Å². The molecular formula is C11H13ClFNO. The Hall–Kier alpha value is -0.800. The number of phenolic OH excluding ortho intramolecular Hbond substituents is 1. The number of rotatable bonds is 1. The van der Waals surface area contributed by atoms with E-state index in [1.807, 2.05) is 0 Å². The lowest BCUT2D eigenvalue weighted by molar-refractivity contribution is 0.437. The fraction of sp³-hybridized carbons (Fsp3) is 0.455. The summed E-state index contributed by atoms with van der Waals surface area (Å²) < 4.78 is 13.6. The van der Waals surface area contributed by atoms with Crippen LogP contribution in [0.5, 0.6) is 5.75 Å². The first-order valence-electron chi connectivity index (χ1n) is 5.07. The molecule has 1 saturated heterocycles. The summed E-state index contributed by atoms with van der Waals surface area (Å²) in [5, 5.41) is 12.8. The van der Waals surface area contributed by atoms with E-state index < -0.39 is 0 Å². The van der Waals surface area contributed by atoms with E-state index >= 15 is 0 Å². The maximum Gasteiger partial charge on any atom is 0.134 e. The summed E-state index contributed by atoms with van der Waals surface area (Å²) in [6, 6.07) is 2.56. The molecule has 15 heavy (non-hydrogen) atoms. The minimum atomic E-state index is -0.327. The van der Waals surface area contributed by atoms with Crippen LogP contribution in [0.25, 0.3) is 0 Å². The molecule has 0 radical (unpaired) electrons. The Labute approximate surface area is 93.1 Å². The predicted molar refractivity (Wildman–Crippen MR) is 57.9 cm³/mol. The van der Waals surface area contributed by atoms with Crippen LogP contribution < -0.4 is 5.32 Å². The Kier molecular flexibility index (Phi) is 3.12. The van der Waals surface area contributed by atoms with E-state index in [4.69, 9.17) is 11.6 Å². The fourth-order valence-electron chi connectivity index (χ4n) is 2.03. The van der Waals surface area contributed by atoms with E-state index in [9.17, 15) is 9.50 Å². The third-order valence-corrected chi connectivity index (χ3v) is 3.21. The Morgan fingerprint density at radius 1 is 1.47 bits per heavy atom. The minimum absolute atomic E-state index is 0.0429. The van der Waals surface area contributed by atoms with Gasteiger partial charge in [0.25, 0.3) is 0 Å². The van der Waals surface area contributed by atoms with Gasteiger partial charge in [0.2, 0.25) is 0 Å². The van der Waals surface area contributed by atoms with Crippen LogP contribution in [0.15, 0.2) is 12.1 Å². The van der Waals surface area contributed by atoms with Gasteiger partial charge < -0.3 is 10.4 Å². The number of benzene rings is 1. The quantitative estimate of drug-likeness (QED) is 0.776. The molecule has 0 saturated carbocycles. The lowest BCUT2D eigenvalue weighted by Gasteiger charge is -2.24. The lowest BCUT2D eigenvalue weighted by Crippen LogP contribution is -2.29. The van der Waals surface area contributed by atoms with Crippen molar-refractivity contribution in [3.8, 4) is 5.75 Å². The van der Waals surface area contributed by atoms with Gasteiger partial charge in [-0.1, -0.05) is 11.6 Å². The van der Waals surface area contributed by atoms with Crippen LogP contribution in [-0.4, -0.2) is 18.2 Å². The third-order valence-electron chi connectivity index (χ3n) is 2.81. The Bertz CT molecular complexity index is 364. The molecule has 4 heteroatoms. The fourth-order valence-corrected chi connectivity index (χ4v) is 2.34. The molecule has 0 amide bonds. The minimum Gasteiger partial charge on any atom is -0.506 e. The van der Waals surface area contributed by atoms with Gasteiger partial charge in [0.15, 0.2) is 0 Å². The van der Waals surface area contributed by atoms with Crippen LogP contribution >= 0.6 is 11.6 Å². The van der Waals surface area contributed by atoms with Crippen LogP contribution in [0, 0.1) is 5.82 Å². The van der Waals surface area contributed by atoms with Crippen molar-refractivity contribution >= 4 is 11.6 Å². The van der Waals surface area contributed by atoms with E-state index in [0.717, 1.165) is 25.9 Å². The van der Waals surface area contributed by atoms with Crippen molar-refractivity contribution < 1.29 is 9.50 Å². The molecule has 1 heterocycles. The second kappa shape index (κ2) is 4.37. The predicted octanol–water partition coefficient (Wildman–Crippen LogP) is 2.65. The second-order valence-electron chi connectivity index (χ2n) is 3.84. The Morgan fingerprint density at radius 2 is 2.27 bits per heavy atom. The first kappa shape index (κ1) is 10.7. The first-order valence-corrected chi connectivity index (χ1v) is 5.45. The zero-order chi connectivity index (χ0) is 10.8. The maximum absolute atomic E-state index is 13.6. The number of nitrogens with one attached hydrogen (secondary N) is 1. The standard InChI is InChI=1S/C11H13ClFNO/c12-11-9(15)4-3-8(13)10(11)7-2-1-5-14-6-7/h3-4,7,14-15H,1-2,5-6H2. The summed E-state index contributed by atoms with van der Waals surface area (Å²) in [6.45, 7) is 1.69. The normalized spacial score (nSPS) is 21.6. The molecule has 2 N–H and O–H groups in total. The number of halogens is 2. The van der Waals surface area contributed by atoms with E-state index in [1.165, 1.54) is 12.1 Å². The van der Waals surface area contributed by atoms with Gasteiger partial charge >= 0.3 is 0 Å². The molecule has 0 spiro atoms. The highest BCUT2D eigenvalue weighted by Crippen LogP contribution is 2.36. The van der Waals surface area contributed by atoms with Crippen LogP contribution in [0.3, 0.4) is 0 Å². The zero-order valence-corrected chi connectivity index (χ0v) is 9.02. The molecule has 0 aliphatic carbocycles. The first-order chi connectivity index (χ1) is 7.20. The van der Waals surface area contributed by atoms with Gasteiger partial charge in [0, 0.05) is 18.0 Å². The number of hydrogen-bond acceptors (Lipinski definition) is 2. The SMILES string of the molecule is Oc1ccc(F)c(C2CCCNC2)c1Cl. The molecule has 82 valence electrons. The molecular weight excluding hydrogens is 217 g/mol. The summed E-state index contributed by atoms with van der Waals surface area (Å²) in [7, 11) is 0. The van der Waals surface area contributed by atoms with Gasteiger partial charge in [-0.2, -0.15) is 0 Å². The molecule has 1 aliphatic heterocycles. The molecule has 0 aromatic heterocycles. The average Bonchev–Trinajstić information content (AvgIpc) is 2.26. The highest BCUT2D eigenvalue weighted by atomic mass is 35.5. The van der Waals surface area contributed by atoms with Gasteiger partial charge in [-0.05, 0) is 31.5 Å². The smallest absolute Gasteiger partial charge is 0.134 e. The number of piperidine rings is 1. The van der Waals surface area contributed by atoms with Crippen molar-refractivity contribution in [1.29, 1.82) is 0 Å². The molecule has 0 bridgehead atoms. The van der Waals surface area contributed by atoms with Crippen molar-refractivity contribution in [3.63, 3.8) is 0 Å². The van der Waals surface area contributed by atoms with Gasteiger partial charge in [0.05, 0.1) is 5.02 Å². The molecule has 1 atom stereocenters. The number of aromatic hydroxyl groups is 1. The van der Waals surface area contributed by atoms with E-state index in [0.29, 0.717) is 5.56 Å². The van der Waals surface area contributed by atoms with E-state index in [1.54, 1.807) is 0 Å². The topological polar surface area (TPSA) is 32.3 Å². The summed E-state index contributed by atoms with van der Waals surface area (Å²) >= 11 is 5.91. The molecule has 1 aromatic rings. The van der Waals surface area contributed by atoms with Gasteiger partial charge in [0.1, 0.15) is 11.6 Å². The Morgan fingerprint density at radius 3 is 2.93 bits per heavy atom. The maximum atomic E-state index is 13.6. The van der Waals surface area contributed by atoms with E-state index in [-0.39, 0.29) is 22.5 Å². The zero-order valence-electron chi connectivity index (χ0n) is 8.26. The second-order valence-corrected chi connectivity index (χ2v) is 4.22. The van der Waals surface area contributed by atoms with Crippen LogP contribution in [0.4, 0.5) is 4.39 Å². The van der Waals surface area contributed by atoms with Crippen LogP contribution in [-0.2, 0) is 0 Å². The summed E-state index contributed by atoms with van der Waals surface area (Å²) in [4.78, 5) is 0. The van der Waals surface area contributed by atoms with Gasteiger partial charge in [-0.15, -0.1) is 0 Å². The van der Waals surface area contributed by atoms with E-state index in [2.05, 4.69) is 5.32 Å². The summed E-state index contributed by atoms with van der Waals surface area (Å²) in [6.07, 6.45) is 1.92. The largest absolute Gasteiger partial charge is 0.506 e. The molecule has 1 aliphatic rings. The monoisotopic (exact) mass is 229 g/mol. The van der Waals surface area contributed by atoms with Gasteiger partial charge in [-0.3, -0.25) is 0 Å². The van der Waals surface area contributed by atoms with Crippen molar-refractivity contribution in [2.75, 3.05) is 13.1 Å². The molecule has 1 aromatic carbocycles. The molecule has 1 unspecified atom stereocenters. The summed E-state index contributed by atoms with van der Waals surface area (Å²) in [5.41, 5.74) is 0.448. The van der Waals surface area contributed by atoms with Gasteiger partial charge in [-0.25, -0.2) is 4.39 Å². The highest BCUT2D eigenvalue weighted by Gasteiger charge is 2.22. The number of hydrogen-bond donors (Lipinski definition) is 2. The Balaban J connectivity index is 2.36. The number of phenols is 1. The van der Waals surface area contributed by atoms with Crippen LogP contribution in [0.2, 0.25) is 5.02 Å². The van der Waals surface area contributed by atoms with Crippen molar-refractivity contribution in [1.82, 2.24) is 5.32 Å². The summed E-state index contributed by atoms with van der Waals surface area (Å²) in [5.74, 6) is -0.302. The van der Waals surface area contributed by atoms with Crippen molar-refractivity contribution in [2.24, 2.45) is 0 Å².